The zero-order chi connectivity index (χ0) is 10.5. The van der Waals surface area contributed by atoms with E-state index in [0.29, 0.717) is 12.8 Å². The van der Waals surface area contributed by atoms with E-state index in [2.05, 4.69) is 0 Å². The monoisotopic (exact) mass is 197 g/mol. The van der Waals surface area contributed by atoms with Gasteiger partial charge in [-0.1, -0.05) is 20.3 Å². The van der Waals surface area contributed by atoms with Gasteiger partial charge in [-0.25, -0.2) is 5.11 Å². The SMILES string of the molecule is CCCC([O])(CC)CCC(F)(F)F. The number of alkyl halides is 3. The summed E-state index contributed by atoms with van der Waals surface area (Å²) in [5.41, 5.74) is -1.37. The van der Waals surface area contributed by atoms with Gasteiger partial charge in [-0.2, -0.15) is 13.2 Å². The van der Waals surface area contributed by atoms with Gasteiger partial charge in [0.25, 0.3) is 0 Å². The molecule has 0 amide bonds. The lowest BCUT2D eigenvalue weighted by molar-refractivity contribution is -0.154. The van der Waals surface area contributed by atoms with Gasteiger partial charge >= 0.3 is 6.18 Å². The molecule has 0 aromatic rings. The van der Waals surface area contributed by atoms with Crippen LogP contribution in [0.1, 0.15) is 46.0 Å². The van der Waals surface area contributed by atoms with Crippen LogP contribution in [0.5, 0.6) is 0 Å². The summed E-state index contributed by atoms with van der Waals surface area (Å²) >= 11 is 0. The Kier molecular flexibility index (Phi) is 4.75. The molecule has 0 aromatic carbocycles. The molecular weight excluding hydrogens is 181 g/mol. The highest BCUT2D eigenvalue weighted by molar-refractivity contribution is 4.76. The van der Waals surface area contributed by atoms with Crippen molar-refractivity contribution in [1.82, 2.24) is 0 Å². The molecule has 0 aliphatic carbocycles. The summed E-state index contributed by atoms with van der Waals surface area (Å²) in [4.78, 5) is 0. The fourth-order valence-corrected chi connectivity index (χ4v) is 1.30. The van der Waals surface area contributed by atoms with Gasteiger partial charge in [-0.05, 0) is 19.3 Å². The molecule has 79 valence electrons. The summed E-state index contributed by atoms with van der Waals surface area (Å²) in [6, 6.07) is 0. The van der Waals surface area contributed by atoms with Gasteiger partial charge in [-0.15, -0.1) is 0 Å². The quantitative estimate of drug-likeness (QED) is 0.640. The van der Waals surface area contributed by atoms with Crippen molar-refractivity contribution < 1.29 is 18.3 Å². The number of hydrogen-bond donors (Lipinski definition) is 0. The predicted molar refractivity (Wildman–Crippen MR) is 43.9 cm³/mol. The molecule has 0 spiro atoms. The lowest BCUT2D eigenvalue weighted by atomic mass is 9.90. The molecule has 1 radical (unpaired) electrons. The molecule has 0 aliphatic rings. The second kappa shape index (κ2) is 4.84. The minimum absolute atomic E-state index is 0.275. The molecule has 0 fully saturated rings. The Bertz CT molecular complexity index is 144. The summed E-state index contributed by atoms with van der Waals surface area (Å²) in [5.74, 6) is 0. The van der Waals surface area contributed by atoms with Gasteiger partial charge in [0, 0.05) is 6.42 Å². The zero-order valence-electron chi connectivity index (χ0n) is 8.08. The van der Waals surface area contributed by atoms with Gasteiger partial charge in [0.1, 0.15) is 5.60 Å². The first-order valence-corrected chi connectivity index (χ1v) is 4.60. The molecule has 0 aromatic heterocycles. The predicted octanol–water partition coefficient (Wildman–Crippen LogP) is 3.71. The van der Waals surface area contributed by atoms with Crippen molar-refractivity contribution in [1.29, 1.82) is 0 Å². The van der Waals surface area contributed by atoms with Crippen molar-refractivity contribution in [2.24, 2.45) is 0 Å². The molecule has 13 heavy (non-hydrogen) atoms. The largest absolute Gasteiger partial charge is 0.389 e. The second-order valence-corrected chi connectivity index (χ2v) is 3.40. The van der Waals surface area contributed by atoms with Crippen molar-refractivity contribution >= 4 is 0 Å². The zero-order valence-corrected chi connectivity index (χ0v) is 8.08. The molecule has 1 unspecified atom stereocenters. The Labute approximate surface area is 76.9 Å². The summed E-state index contributed by atoms with van der Waals surface area (Å²) < 4.78 is 35.5. The van der Waals surface area contributed by atoms with Crippen molar-refractivity contribution in [3.05, 3.63) is 0 Å². The standard InChI is InChI=1S/C9H16F3O/c1-3-5-8(13,4-2)6-7-9(10,11)12/h3-7H2,1-2H3. The van der Waals surface area contributed by atoms with Crippen LogP contribution in [0.25, 0.3) is 0 Å². The molecule has 0 saturated heterocycles. The molecule has 0 rings (SSSR count). The van der Waals surface area contributed by atoms with E-state index in [9.17, 15) is 18.3 Å². The van der Waals surface area contributed by atoms with Crippen LogP contribution in [-0.4, -0.2) is 11.8 Å². The van der Waals surface area contributed by atoms with E-state index in [4.69, 9.17) is 0 Å². The maximum absolute atomic E-state index is 11.8. The van der Waals surface area contributed by atoms with Gasteiger partial charge in [-0.3, -0.25) is 0 Å². The third-order valence-corrected chi connectivity index (χ3v) is 2.21. The normalized spacial score (nSPS) is 17.1. The summed E-state index contributed by atoms with van der Waals surface area (Å²) in [6.45, 7) is 3.47. The van der Waals surface area contributed by atoms with E-state index in [-0.39, 0.29) is 12.8 Å². The molecule has 1 atom stereocenters. The van der Waals surface area contributed by atoms with Crippen LogP contribution in [0.3, 0.4) is 0 Å². The molecule has 0 aliphatic heterocycles. The third-order valence-electron chi connectivity index (χ3n) is 2.21. The summed E-state index contributed by atoms with van der Waals surface area (Å²) in [7, 11) is 0. The van der Waals surface area contributed by atoms with Crippen molar-refractivity contribution in [3.8, 4) is 0 Å². The van der Waals surface area contributed by atoms with Gasteiger partial charge in [0.2, 0.25) is 0 Å². The van der Waals surface area contributed by atoms with Crippen LogP contribution in [0, 0.1) is 0 Å². The average molecular weight is 197 g/mol. The minimum Gasteiger partial charge on any atom is -0.230 e. The highest BCUT2D eigenvalue weighted by Gasteiger charge is 2.34. The van der Waals surface area contributed by atoms with Gasteiger partial charge in [0.15, 0.2) is 0 Å². The average Bonchev–Trinajstić information content (AvgIpc) is 2.01. The first-order chi connectivity index (χ1) is 5.83. The molecule has 0 heterocycles. The number of hydrogen-bond acceptors (Lipinski definition) is 0. The molecule has 0 N–H and O–H groups in total. The van der Waals surface area contributed by atoms with E-state index in [1.54, 1.807) is 6.92 Å². The Morgan fingerprint density at radius 1 is 1.00 bits per heavy atom. The van der Waals surface area contributed by atoms with Crippen LogP contribution in [0.15, 0.2) is 0 Å². The second-order valence-electron chi connectivity index (χ2n) is 3.40. The van der Waals surface area contributed by atoms with Crippen LogP contribution < -0.4 is 0 Å². The highest BCUT2D eigenvalue weighted by atomic mass is 19.4. The number of rotatable bonds is 5. The van der Waals surface area contributed by atoms with E-state index in [0.717, 1.165) is 0 Å². The van der Waals surface area contributed by atoms with Crippen LogP contribution in [-0.2, 0) is 5.11 Å². The van der Waals surface area contributed by atoms with E-state index in [1.807, 2.05) is 6.92 Å². The topological polar surface area (TPSA) is 19.9 Å². The minimum atomic E-state index is -4.20. The Hall–Kier alpha value is -0.250. The molecule has 4 heteroatoms. The van der Waals surface area contributed by atoms with Crippen molar-refractivity contribution in [3.63, 3.8) is 0 Å². The maximum atomic E-state index is 11.8. The fraction of sp³-hybridized carbons (Fsp3) is 1.00. The molecule has 0 bridgehead atoms. The van der Waals surface area contributed by atoms with E-state index < -0.39 is 18.2 Å². The lowest BCUT2D eigenvalue weighted by Crippen LogP contribution is -2.28. The third kappa shape index (κ3) is 5.91. The fourth-order valence-electron chi connectivity index (χ4n) is 1.30. The van der Waals surface area contributed by atoms with Crippen molar-refractivity contribution in [2.45, 2.75) is 57.7 Å². The first kappa shape index (κ1) is 12.8. The van der Waals surface area contributed by atoms with Crippen LogP contribution in [0.4, 0.5) is 13.2 Å². The van der Waals surface area contributed by atoms with E-state index >= 15 is 0 Å². The lowest BCUT2D eigenvalue weighted by Gasteiger charge is -2.23. The Balaban J connectivity index is 3.97. The molecule has 1 nitrogen and oxygen atoms in total. The van der Waals surface area contributed by atoms with Crippen LogP contribution >= 0.6 is 0 Å². The summed E-state index contributed by atoms with van der Waals surface area (Å²) in [6.07, 6.45) is -4.19. The first-order valence-electron chi connectivity index (χ1n) is 4.60. The van der Waals surface area contributed by atoms with Gasteiger partial charge in [0.05, 0.1) is 0 Å². The Morgan fingerprint density at radius 3 is 1.85 bits per heavy atom. The number of halogens is 3. The molecule has 0 saturated carbocycles. The van der Waals surface area contributed by atoms with Crippen LogP contribution in [0.2, 0.25) is 0 Å². The van der Waals surface area contributed by atoms with Crippen molar-refractivity contribution in [2.75, 3.05) is 0 Å². The molecular formula is C9H16F3O. The van der Waals surface area contributed by atoms with Gasteiger partial charge < -0.3 is 0 Å². The maximum Gasteiger partial charge on any atom is 0.389 e. The van der Waals surface area contributed by atoms with E-state index in [1.165, 1.54) is 0 Å². The highest BCUT2D eigenvalue weighted by Crippen LogP contribution is 2.30. The Morgan fingerprint density at radius 2 is 1.54 bits per heavy atom. The smallest absolute Gasteiger partial charge is 0.230 e. The summed E-state index contributed by atoms with van der Waals surface area (Å²) in [5, 5.41) is 11.6.